The van der Waals surface area contributed by atoms with Crippen molar-refractivity contribution in [1.82, 2.24) is 9.38 Å². The third-order valence-corrected chi connectivity index (χ3v) is 3.00. The number of benzene rings is 1. The molecule has 2 heterocycles. The smallest absolute Gasteiger partial charge is 0.337 e. The fraction of sp³-hybridized carbons (Fsp3) is 0.0667. The van der Waals surface area contributed by atoms with Crippen molar-refractivity contribution < 1.29 is 9.53 Å². The largest absolute Gasteiger partial charge is 0.465 e. The lowest BCUT2D eigenvalue weighted by Gasteiger charge is -2.03. The first kappa shape index (κ1) is 11.5. The molecule has 0 aliphatic rings. The molecule has 0 amide bonds. The van der Waals surface area contributed by atoms with E-state index in [2.05, 4.69) is 9.72 Å². The van der Waals surface area contributed by atoms with Gasteiger partial charge in [0.05, 0.1) is 24.4 Å². The minimum atomic E-state index is -0.334. The molecular formula is C15H12N2O2. The molecule has 4 nitrogen and oxygen atoms in total. The van der Waals surface area contributed by atoms with Crippen LogP contribution < -0.4 is 0 Å². The van der Waals surface area contributed by atoms with Gasteiger partial charge in [0, 0.05) is 11.8 Å². The van der Waals surface area contributed by atoms with E-state index in [9.17, 15) is 4.79 Å². The summed E-state index contributed by atoms with van der Waals surface area (Å²) >= 11 is 0. The van der Waals surface area contributed by atoms with Gasteiger partial charge in [-0.3, -0.25) is 4.40 Å². The van der Waals surface area contributed by atoms with Crippen molar-refractivity contribution in [2.75, 3.05) is 7.11 Å². The van der Waals surface area contributed by atoms with E-state index in [-0.39, 0.29) is 5.97 Å². The van der Waals surface area contributed by atoms with Crippen molar-refractivity contribution in [2.45, 2.75) is 0 Å². The number of rotatable bonds is 2. The lowest BCUT2D eigenvalue weighted by Crippen LogP contribution is -2.00. The van der Waals surface area contributed by atoms with Gasteiger partial charge in [-0.2, -0.15) is 0 Å². The Hall–Kier alpha value is -2.62. The number of carbonyl (C=O) groups is 1. The molecule has 0 aliphatic heterocycles. The number of methoxy groups -OCH3 is 1. The first-order valence-electron chi connectivity index (χ1n) is 5.90. The second-order valence-corrected chi connectivity index (χ2v) is 4.15. The number of nitrogens with zero attached hydrogens (tertiary/aromatic N) is 2. The number of ether oxygens (including phenoxy) is 1. The number of carbonyl (C=O) groups excluding carboxylic acids is 1. The molecule has 3 rings (SSSR count). The maximum atomic E-state index is 11.4. The first-order valence-corrected chi connectivity index (χ1v) is 5.90. The molecule has 94 valence electrons. The highest BCUT2D eigenvalue weighted by Crippen LogP contribution is 2.20. The summed E-state index contributed by atoms with van der Waals surface area (Å²) in [7, 11) is 1.37. The SMILES string of the molecule is COC(=O)c1ccc(-c2ncc3ccccn23)cc1. The zero-order valence-corrected chi connectivity index (χ0v) is 10.4. The molecule has 0 unspecified atom stereocenters. The van der Waals surface area contributed by atoms with E-state index < -0.39 is 0 Å². The number of hydrogen-bond donors (Lipinski definition) is 0. The Morgan fingerprint density at radius 2 is 1.95 bits per heavy atom. The van der Waals surface area contributed by atoms with Crippen LogP contribution in [0, 0.1) is 0 Å². The van der Waals surface area contributed by atoms with Crippen molar-refractivity contribution in [3.63, 3.8) is 0 Å². The number of fused-ring (bicyclic) bond motifs is 1. The van der Waals surface area contributed by atoms with E-state index in [1.54, 1.807) is 12.1 Å². The summed E-state index contributed by atoms with van der Waals surface area (Å²) in [4.78, 5) is 15.8. The Morgan fingerprint density at radius 3 is 2.68 bits per heavy atom. The number of imidazole rings is 1. The highest BCUT2D eigenvalue weighted by molar-refractivity contribution is 5.89. The van der Waals surface area contributed by atoms with Crippen LogP contribution in [0.5, 0.6) is 0 Å². The van der Waals surface area contributed by atoms with Crippen molar-refractivity contribution >= 4 is 11.5 Å². The van der Waals surface area contributed by atoms with Crippen LogP contribution in [0.4, 0.5) is 0 Å². The van der Waals surface area contributed by atoms with Crippen LogP contribution in [0.2, 0.25) is 0 Å². The van der Waals surface area contributed by atoms with Gasteiger partial charge in [-0.05, 0) is 24.3 Å². The topological polar surface area (TPSA) is 43.6 Å². The second kappa shape index (κ2) is 4.57. The monoisotopic (exact) mass is 252 g/mol. The summed E-state index contributed by atoms with van der Waals surface area (Å²) in [5.41, 5.74) is 2.53. The average Bonchev–Trinajstić information content (AvgIpc) is 2.90. The van der Waals surface area contributed by atoms with Gasteiger partial charge in [-0.15, -0.1) is 0 Å². The van der Waals surface area contributed by atoms with Crippen molar-refractivity contribution in [3.8, 4) is 11.4 Å². The predicted octanol–water partition coefficient (Wildman–Crippen LogP) is 2.79. The maximum Gasteiger partial charge on any atom is 0.337 e. The summed E-state index contributed by atoms with van der Waals surface area (Å²) in [5, 5.41) is 0. The minimum Gasteiger partial charge on any atom is -0.465 e. The fourth-order valence-electron chi connectivity index (χ4n) is 2.03. The molecule has 3 aromatic rings. The Balaban J connectivity index is 2.05. The summed E-state index contributed by atoms with van der Waals surface area (Å²) in [6.07, 6.45) is 3.79. The van der Waals surface area contributed by atoms with E-state index in [0.29, 0.717) is 5.56 Å². The number of aromatic nitrogens is 2. The van der Waals surface area contributed by atoms with Crippen LogP contribution in [0.25, 0.3) is 16.9 Å². The Labute approximate surface area is 110 Å². The quantitative estimate of drug-likeness (QED) is 0.659. The molecule has 0 atom stereocenters. The van der Waals surface area contributed by atoms with E-state index in [4.69, 9.17) is 0 Å². The summed E-state index contributed by atoms with van der Waals surface area (Å²) < 4.78 is 6.68. The molecule has 0 saturated carbocycles. The molecule has 0 radical (unpaired) electrons. The summed E-state index contributed by atoms with van der Waals surface area (Å²) in [6.45, 7) is 0. The highest BCUT2D eigenvalue weighted by atomic mass is 16.5. The molecule has 0 saturated heterocycles. The van der Waals surface area contributed by atoms with Gasteiger partial charge in [0.1, 0.15) is 5.82 Å². The average molecular weight is 252 g/mol. The number of esters is 1. The van der Waals surface area contributed by atoms with E-state index in [1.165, 1.54) is 7.11 Å². The minimum absolute atomic E-state index is 0.334. The third kappa shape index (κ3) is 1.97. The maximum absolute atomic E-state index is 11.4. The lowest BCUT2D eigenvalue weighted by molar-refractivity contribution is 0.0601. The number of pyridine rings is 1. The molecule has 0 aliphatic carbocycles. The zero-order valence-electron chi connectivity index (χ0n) is 10.4. The van der Waals surface area contributed by atoms with Crippen LogP contribution in [0.1, 0.15) is 10.4 Å². The van der Waals surface area contributed by atoms with Crippen LogP contribution >= 0.6 is 0 Å². The van der Waals surface area contributed by atoms with Gasteiger partial charge < -0.3 is 4.74 Å². The highest BCUT2D eigenvalue weighted by Gasteiger charge is 2.08. The van der Waals surface area contributed by atoms with Gasteiger partial charge in [-0.1, -0.05) is 18.2 Å². The van der Waals surface area contributed by atoms with Crippen LogP contribution in [0.15, 0.2) is 54.9 Å². The number of hydrogen-bond acceptors (Lipinski definition) is 3. The Kier molecular flexibility index (Phi) is 2.76. The molecular weight excluding hydrogens is 240 g/mol. The van der Waals surface area contributed by atoms with Gasteiger partial charge in [0.25, 0.3) is 0 Å². The van der Waals surface area contributed by atoms with Crippen LogP contribution in [-0.2, 0) is 4.74 Å². The van der Waals surface area contributed by atoms with Gasteiger partial charge in [0.15, 0.2) is 0 Å². The van der Waals surface area contributed by atoms with Gasteiger partial charge >= 0.3 is 5.97 Å². The van der Waals surface area contributed by atoms with Crippen molar-refractivity contribution in [3.05, 3.63) is 60.4 Å². The van der Waals surface area contributed by atoms with E-state index in [0.717, 1.165) is 16.9 Å². The molecule has 19 heavy (non-hydrogen) atoms. The van der Waals surface area contributed by atoms with Crippen molar-refractivity contribution in [2.24, 2.45) is 0 Å². The standard InChI is InChI=1S/C15H12N2O2/c1-19-15(18)12-7-5-11(6-8-12)14-16-10-13-4-2-3-9-17(13)14/h2-10H,1H3. The Morgan fingerprint density at radius 1 is 1.16 bits per heavy atom. The molecule has 1 aromatic carbocycles. The zero-order chi connectivity index (χ0) is 13.2. The third-order valence-electron chi connectivity index (χ3n) is 3.00. The van der Waals surface area contributed by atoms with Gasteiger partial charge in [0.2, 0.25) is 0 Å². The summed E-state index contributed by atoms with van der Waals surface area (Å²) in [6, 6.07) is 13.2. The second-order valence-electron chi connectivity index (χ2n) is 4.15. The molecule has 0 spiro atoms. The summed E-state index contributed by atoms with van der Waals surface area (Å²) in [5.74, 6) is 0.520. The lowest BCUT2D eigenvalue weighted by atomic mass is 10.1. The van der Waals surface area contributed by atoms with E-state index in [1.807, 2.05) is 47.1 Å². The molecule has 0 bridgehead atoms. The molecule has 0 fully saturated rings. The molecule has 0 N–H and O–H groups in total. The fourth-order valence-corrected chi connectivity index (χ4v) is 2.03. The van der Waals surface area contributed by atoms with Crippen LogP contribution in [0.3, 0.4) is 0 Å². The van der Waals surface area contributed by atoms with Crippen molar-refractivity contribution in [1.29, 1.82) is 0 Å². The van der Waals surface area contributed by atoms with E-state index >= 15 is 0 Å². The predicted molar refractivity (Wildman–Crippen MR) is 72.0 cm³/mol. The van der Waals surface area contributed by atoms with Gasteiger partial charge in [-0.25, -0.2) is 9.78 Å². The Bertz CT molecular complexity index is 729. The first-order chi connectivity index (χ1) is 9.29. The normalized spacial score (nSPS) is 10.6. The van der Waals surface area contributed by atoms with Crippen LogP contribution in [-0.4, -0.2) is 22.5 Å². The molecule has 2 aromatic heterocycles. The molecule has 4 heteroatoms.